The number of sulfonamides is 1. The summed E-state index contributed by atoms with van der Waals surface area (Å²) in [5, 5.41) is 2.22. The van der Waals surface area contributed by atoms with Crippen LogP contribution in [-0.2, 0) is 14.8 Å². The van der Waals surface area contributed by atoms with E-state index in [0.29, 0.717) is 6.54 Å². The molecule has 0 aliphatic rings. The summed E-state index contributed by atoms with van der Waals surface area (Å²) < 4.78 is 39.1. The molecule has 1 aromatic rings. The molecule has 0 heterocycles. The predicted molar refractivity (Wildman–Crippen MR) is 78.9 cm³/mol. The maximum absolute atomic E-state index is 13.3. The van der Waals surface area contributed by atoms with E-state index in [9.17, 15) is 17.6 Å². The number of carbonyl (C=O) groups excluding carboxylic acids is 1. The maximum atomic E-state index is 13.3. The van der Waals surface area contributed by atoms with Crippen molar-refractivity contribution < 1.29 is 17.6 Å². The number of anilines is 1. The van der Waals surface area contributed by atoms with Crippen LogP contribution in [0, 0.1) is 5.82 Å². The number of nitrogens with two attached hydrogens (primary N) is 1. The van der Waals surface area contributed by atoms with Crippen molar-refractivity contribution in [2.75, 3.05) is 25.4 Å². The number of amides is 1. The molecular formula is C12H17ClFN3O3S. The molecule has 9 heteroatoms. The number of nitrogens with zero attached hydrogens (tertiary/aromatic N) is 1. The molecule has 0 saturated carbocycles. The second kappa shape index (κ2) is 7.06. The number of halogens is 2. The van der Waals surface area contributed by atoms with Crippen LogP contribution < -0.4 is 11.1 Å². The topological polar surface area (TPSA) is 92.5 Å². The second-order valence-corrected chi connectivity index (χ2v) is 6.50. The zero-order valence-corrected chi connectivity index (χ0v) is 13.3. The van der Waals surface area contributed by atoms with E-state index in [1.807, 2.05) is 0 Å². The zero-order chi connectivity index (χ0) is 16.2. The van der Waals surface area contributed by atoms with E-state index in [2.05, 4.69) is 5.32 Å². The van der Waals surface area contributed by atoms with Crippen LogP contribution >= 0.6 is 11.6 Å². The normalized spacial score (nSPS) is 11.7. The first-order chi connectivity index (χ1) is 9.73. The van der Waals surface area contributed by atoms with Gasteiger partial charge in [0.1, 0.15) is 10.7 Å². The monoisotopic (exact) mass is 337 g/mol. The fourth-order valence-electron chi connectivity index (χ4n) is 1.66. The Kier molecular flexibility index (Phi) is 5.94. The lowest BCUT2D eigenvalue weighted by molar-refractivity contribution is -0.121. The lowest BCUT2D eigenvalue weighted by Gasteiger charge is -2.20. The van der Waals surface area contributed by atoms with Crippen LogP contribution in [-0.4, -0.2) is 38.3 Å². The summed E-state index contributed by atoms with van der Waals surface area (Å²) in [5.41, 5.74) is 5.05. The van der Waals surface area contributed by atoms with Crippen LogP contribution in [0.4, 0.5) is 10.1 Å². The van der Waals surface area contributed by atoms with Gasteiger partial charge in [-0.2, -0.15) is 4.31 Å². The van der Waals surface area contributed by atoms with Crippen molar-refractivity contribution >= 4 is 33.2 Å². The number of rotatable bonds is 6. The minimum absolute atomic E-state index is 0.0626. The average molecular weight is 338 g/mol. The Morgan fingerprint density at radius 3 is 2.57 bits per heavy atom. The molecule has 0 spiro atoms. The minimum atomic E-state index is -4.04. The molecule has 0 aromatic heterocycles. The van der Waals surface area contributed by atoms with E-state index in [4.69, 9.17) is 17.3 Å². The number of carbonyl (C=O) groups is 1. The van der Waals surface area contributed by atoms with Gasteiger partial charge in [-0.3, -0.25) is 4.79 Å². The van der Waals surface area contributed by atoms with E-state index in [1.165, 1.54) is 0 Å². The molecule has 1 amide bonds. The predicted octanol–water partition coefficient (Wildman–Crippen LogP) is 1.21. The Morgan fingerprint density at radius 2 is 2.05 bits per heavy atom. The summed E-state index contributed by atoms with van der Waals surface area (Å²) in [4.78, 5) is 11.2. The van der Waals surface area contributed by atoms with Crippen molar-refractivity contribution in [3.05, 3.63) is 23.0 Å². The summed E-state index contributed by atoms with van der Waals surface area (Å²) in [6.07, 6.45) is 0. The van der Waals surface area contributed by atoms with Crippen LogP contribution in [0.5, 0.6) is 0 Å². The molecule has 6 nitrogen and oxygen atoms in total. The van der Waals surface area contributed by atoms with Crippen molar-refractivity contribution in [3.63, 3.8) is 0 Å². The van der Waals surface area contributed by atoms with Crippen LogP contribution in [0.3, 0.4) is 0 Å². The molecule has 118 valence electrons. The highest BCUT2D eigenvalue weighted by atomic mass is 35.5. The third-order valence-electron chi connectivity index (χ3n) is 2.72. The fourth-order valence-corrected chi connectivity index (χ4v) is 3.59. The average Bonchev–Trinajstić information content (AvgIpc) is 2.40. The lowest BCUT2D eigenvalue weighted by atomic mass is 10.3. The standard InChI is InChI=1S/C12H17ClFN3O3S/c1-3-16-12(18)7-17(4-2)21(19,20)11-6-10(15)9(14)5-8(11)13/h5-6H,3-4,7,15H2,1-2H3,(H,16,18). The maximum Gasteiger partial charge on any atom is 0.245 e. The largest absolute Gasteiger partial charge is 0.396 e. The minimum Gasteiger partial charge on any atom is -0.396 e. The molecule has 0 fully saturated rings. The molecule has 0 bridgehead atoms. The third-order valence-corrected chi connectivity index (χ3v) is 5.10. The first kappa shape index (κ1) is 17.7. The van der Waals surface area contributed by atoms with E-state index < -0.39 is 21.7 Å². The number of likely N-dealkylation sites (N-methyl/N-ethyl adjacent to an activating group) is 2. The first-order valence-corrected chi connectivity index (χ1v) is 8.07. The molecule has 0 unspecified atom stereocenters. The number of hydrogen-bond acceptors (Lipinski definition) is 4. The molecule has 0 aliphatic heterocycles. The number of nitrogen functional groups attached to an aromatic ring is 1. The Hall–Kier alpha value is -1.38. The molecule has 3 N–H and O–H groups in total. The van der Waals surface area contributed by atoms with Gasteiger partial charge in [-0.05, 0) is 19.1 Å². The van der Waals surface area contributed by atoms with Gasteiger partial charge in [0.15, 0.2) is 0 Å². The Bertz CT molecular complexity index is 637. The Labute approximate surface area is 128 Å². The second-order valence-electron chi connectivity index (χ2n) is 4.19. The van der Waals surface area contributed by atoms with Gasteiger partial charge in [0.25, 0.3) is 0 Å². The van der Waals surface area contributed by atoms with Gasteiger partial charge in [-0.1, -0.05) is 18.5 Å². The summed E-state index contributed by atoms with van der Waals surface area (Å²) in [5.74, 6) is -1.24. The van der Waals surface area contributed by atoms with Crippen LogP contribution in [0.15, 0.2) is 17.0 Å². The Morgan fingerprint density at radius 1 is 1.43 bits per heavy atom. The van der Waals surface area contributed by atoms with E-state index >= 15 is 0 Å². The summed E-state index contributed by atoms with van der Waals surface area (Å²) >= 11 is 5.78. The summed E-state index contributed by atoms with van der Waals surface area (Å²) in [6, 6.07) is 1.79. The SMILES string of the molecule is CCNC(=O)CN(CC)S(=O)(=O)c1cc(N)c(F)cc1Cl. The third kappa shape index (κ3) is 4.05. The zero-order valence-electron chi connectivity index (χ0n) is 11.7. The van der Waals surface area contributed by atoms with Gasteiger partial charge in [0.2, 0.25) is 15.9 Å². The first-order valence-electron chi connectivity index (χ1n) is 6.25. The van der Waals surface area contributed by atoms with Crippen LogP contribution in [0.1, 0.15) is 13.8 Å². The van der Waals surface area contributed by atoms with Crippen molar-refractivity contribution in [1.82, 2.24) is 9.62 Å². The van der Waals surface area contributed by atoms with Crippen molar-refractivity contribution in [1.29, 1.82) is 0 Å². The van der Waals surface area contributed by atoms with Crippen molar-refractivity contribution in [2.45, 2.75) is 18.7 Å². The highest BCUT2D eigenvalue weighted by molar-refractivity contribution is 7.89. The van der Waals surface area contributed by atoms with Gasteiger partial charge >= 0.3 is 0 Å². The molecule has 0 atom stereocenters. The fraction of sp³-hybridized carbons (Fsp3) is 0.417. The summed E-state index contributed by atoms with van der Waals surface area (Å²) in [6.45, 7) is 3.41. The number of nitrogens with one attached hydrogen (secondary N) is 1. The van der Waals surface area contributed by atoms with Crippen molar-refractivity contribution in [3.8, 4) is 0 Å². The van der Waals surface area contributed by atoms with Gasteiger partial charge in [-0.25, -0.2) is 12.8 Å². The number of hydrogen-bond donors (Lipinski definition) is 2. The molecule has 0 aliphatic carbocycles. The van der Waals surface area contributed by atoms with Crippen LogP contribution in [0.2, 0.25) is 5.02 Å². The quantitative estimate of drug-likeness (QED) is 0.763. The van der Waals surface area contributed by atoms with E-state index in [0.717, 1.165) is 16.4 Å². The lowest BCUT2D eigenvalue weighted by Crippen LogP contribution is -2.40. The van der Waals surface area contributed by atoms with Gasteiger partial charge in [0, 0.05) is 13.1 Å². The number of benzene rings is 1. The molecule has 1 aromatic carbocycles. The van der Waals surface area contributed by atoms with Crippen LogP contribution in [0.25, 0.3) is 0 Å². The molecule has 21 heavy (non-hydrogen) atoms. The van der Waals surface area contributed by atoms with Crippen molar-refractivity contribution in [2.24, 2.45) is 0 Å². The molecule has 0 radical (unpaired) electrons. The van der Waals surface area contributed by atoms with E-state index in [1.54, 1.807) is 13.8 Å². The van der Waals surface area contributed by atoms with Gasteiger partial charge in [-0.15, -0.1) is 0 Å². The Balaban J connectivity index is 3.19. The molecular weight excluding hydrogens is 321 g/mol. The highest BCUT2D eigenvalue weighted by Crippen LogP contribution is 2.28. The molecule has 1 rings (SSSR count). The smallest absolute Gasteiger partial charge is 0.245 e. The van der Waals surface area contributed by atoms with Gasteiger partial charge < -0.3 is 11.1 Å². The van der Waals surface area contributed by atoms with Gasteiger partial charge in [0.05, 0.1) is 17.3 Å². The molecule has 0 saturated heterocycles. The summed E-state index contributed by atoms with van der Waals surface area (Å²) in [7, 11) is -4.04. The highest BCUT2D eigenvalue weighted by Gasteiger charge is 2.28. The van der Waals surface area contributed by atoms with E-state index in [-0.39, 0.29) is 28.7 Å².